The highest BCUT2D eigenvalue weighted by atomic mass is 16.5. The van der Waals surface area contributed by atoms with Gasteiger partial charge in [-0.3, -0.25) is 14.8 Å². The molecule has 0 radical (unpaired) electrons. The molecule has 4 rings (SSSR count). The molecule has 2 heterocycles. The normalized spacial score (nSPS) is 12.1. The molecule has 0 aliphatic carbocycles. The van der Waals surface area contributed by atoms with E-state index in [1.165, 1.54) is 6.07 Å². The molecule has 164 valence electrons. The van der Waals surface area contributed by atoms with Crippen LogP contribution in [0, 0.1) is 5.41 Å². The Kier molecular flexibility index (Phi) is 5.70. The fourth-order valence-corrected chi connectivity index (χ4v) is 3.50. The molecule has 0 saturated carbocycles. The minimum absolute atomic E-state index is 0.0532. The summed E-state index contributed by atoms with van der Waals surface area (Å²) in [7, 11) is 0. The molecule has 2 aromatic carbocycles. The van der Waals surface area contributed by atoms with Gasteiger partial charge in [0.1, 0.15) is 17.2 Å². The molecule has 0 amide bonds. The van der Waals surface area contributed by atoms with Crippen molar-refractivity contribution in [2.75, 3.05) is 5.32 Å². The van der Waals surface area contributed by atoms with Crippen LogP contribution in [0.3, 0.4) is 0 Å². The Morgan fingerprint density at radius 3 is 2.56 bits per heavy atom. The molecule has 32 heavy (non-hydrogen) atoms. The van der Waals surface area contributed by atoms with Crippen molar-refractivity contribution in [3.63, 3.8) is 0 Å². The Morgan fingerprint density at radius 1 is 1.12 bits per heavy atom. The molecule has 0 aliphatic heterocycles. The van der Waals surface area contributed by atoms with Crippen LogP contribution in [0.5, 0.6) is 5.75 Å². The van der Waals surface area contributed by atoms with E-state index in [0.29, 0.717) is 28.3 Å². The van der Waals surface area contributed by atoms with Crippen molar-refractivity contribution in [2.24, 2.45) is 5.73 Å². The van der Waals surface area contributed by atoms with Gasteiger partial charge in [0.2, 0.25) is 0 Å². The van der Waals surface area contributed by atoms with Crippen molar-refractivity contribution in [3.05, 3.63) is 88.3 Å². The number of benzene rings is 2. The molecule has 1 atom stereocenters. The standard InChI is InChI=1S/C24H25N5O3/c1-14(2)32-19-9-7-18(8-10-19)29-21(30)11-6-16-13-20(28-23(16)29)24(31)27-17-5-3-4-15(12-17)22(25)26/h3-14,24,27-28,31H,1-2H3,(H3,25,26). The largest absolute Gasteiger partial charge is 0.491 e. The van der Waals surface area contributed by atoms with E-state index in [9.17, 15) is 9.90 Å². The predicted molar refractivity (Wildman–Crippen MR) is 126 cm³/mol. The van der Waals surface area contributed by atoms with Crippen molar-refractivity contribution < 1.29 is 9.84 Å². The predicted octanol–water partition coefficient (Wildman–Crippen LogP) is 3.49. The number of nitrogens with one attached hydrogen (secondary N) is 3. The number of rotatable bonds is 7. The van der Waals surface area contributed by atoms with Crippen molar-refractivity contribution >= 4 is 22.6 Å². The highest BCUT2D eigenvalue weighted by molar-refractivity contribution is 5.95. The quantitative estimate of drug-likeness (QED) is 0.174. The van der Waals surface area contributed by atoms with Crippen LogP contribution in [0.4, 0.5) is 5.69 Å². The van der Waals surface area contributed by atoms with Crippen LogP contribution in [0.1, 0.15) is 31.3 Å². The summed E-state index contributed by atoms with van der Waals surface area (Å²) in [4.78, 5) is 15.8. The van der Waals surface area contributed by atoms with Gasteiger partial charge in [-0.05, 0) is 62.4 Å². The monoisotopic (exact) mass is 431 g/mol. The first kappa shape index (κ1) is 21.2. The third kappa shape index (κ3) is 4.35. The van der Waals surface area contributed by atoms with Gasteiger partial charge in [0, 0.05) is 22.7 Å². The van der Waals surface area contributed by atoms with Gasteiger partial charge in [-0.25, -0.2) is 0 Å². The second-order valence-corrected chi connectivity index (χ2v) is 7.74. The topological polar surface area (TPSA) is 129 Å². The summed E-state index contributed by atoms with van der Waals surface area (Å²) < 4.78 is 7.24. The average molecular weight is 431 g/mol. The summed E-state index contributed by atoms with van der Waals surface area (Å²) in [6.45, 7) is 3.91. The van der Waals surface area contributed by atoms with E-state index in [4.69, 9.17) is 15.9 Å². The zero-order valence-corrected chi connectivity index (χ0v) is 17.8. The van der Waals surface area contributed by atoms with Gasteiger partial charge in [-0.2, -0.15) is 0 Å². The number of hydrogen-bond acceptors (Lipinski definition) is 5. The number of H-pyrrole nitrogens is 1. The number of aromatic amines is 1. The van der Waals surface area contributed by atoms with Crippen LogP contribution < -0.4 is 21.3 Å². The summed E-state index contributed by atoms with van der Waals surface area (Å²) in [5.41, 5.74) is 8.26. The Labute approximate surface area is 184 Å². The minimum Gasteiger partial charge on any atom is -0.491 e. The fraction of sp³-hybridized carbons (Fsp3) is 0.167. The maximum Gasteiger partial charge on any atom is 0.256 e. The summed E-state index contributed by atoms with van der Waals surface area (Å²) in [6.07, 6.45) is -1.00. The van der Waals surface area contributed by atoms with Crippen LogP contribution in [0.15, 0.2) is 71.5 Å². The van der Waals surface area contributed by atoms with E-state index < -0.39 is 6.23 Å². The van der Waals surface area contributed by atoms with E-state index in [1.54, 1.807) is 41.0 Å². The van der Waals surface area contributed by atoms with Gasteiger partial charge >= 0.3 is 0 Å². The first-order valence-corrected chi connectivity index (χ1v) is 10.2. The van der Waals surface area contributed by atoms with E-state index in [2.05, 4.69) is 10.3 Å². The van der Waals surface area contributed by atoms with E-state index >= 15 is 0 Å². The summed E-state index contributed by atoms with van der Waals surface area (Å²) in [6, 6.07) is 19.2. The maximum atomic E-state index is 12.7. The number of ether oxygens (including phenoxy) is 1. The molecule has 0 aliphatic rings. The minimum atomic E-state index is -1.06. The number of nitrogens with zero attached hydrogens (tertiary/aromatic N) is 1. The van der Waals surface area contributed by atoms with Crippen molar-refractivity contribution in [3.8, 4) is 11.4 Å². The van der Waals surface area contributed by atoms with Gasteiger partial charge in [-0.15, -0.1) is 0 Å². The van der Waals surface area contributed by atoms with E-state index in [-0.39, 0.29) is 17.5 Å². The fourth-order valence-electron chi connectivity index (χ4n) is 3.50. The molecule has 0 spiro atoms. The summed E-state index contributed by atoms with van der Waals surface area (Å²) in [5.74, 6) is 0.672. The van der Waals surface area contributed by atoms with Crippen molar-refractivity contribution in [2.45, 2.75) is 26.2 Å². The SMILES string of the molecule is CC(C)Oc1ccc(-n2c(=O)ccc3cc(C(O)Nc4cccc(C(=N)N)c4)[nH]c32)cc1. The highest BCUT2D eigenvalue weighted by Crippen LogP contribution is 2.24. The van der Waals surface area contributed by atoms with Gasteiger partial charge in [0.25, 0.3) is 5.56 Å². The Bertz CT molecular complexity index is 1320. The van der Waals surface area contributed by atoms with E-state index in [1.807, 2.05) is 38.1 Å². The molecule has 4 aromatic rings. The highest BCUT2D eigenvalue weighted by Gasteiger charge is 2.15. The number of pyridine rings is 1. The number of nitrogen functional groups attached to an aromatic ring is 1. The molecule has 6 N–H and O–H groups in total. The lowest BCUT2D eigenvalue weighted by atomic mass is 10.2. The zero-order chi connectivity index (χ0) is 22.8. The second kappa shape index (κ2) is 8.60. The molecule has 1 unspecified atom stereocenters. The van der Waals surface area contributed by atoms with Gasteiger partial charge < -0.3 is 25.9 Å². The van der Waals surface area contributed by atoms with Gasteiger partial charge in [0.15, 0.2) is 6.23 Å². The smallest absolute Gasteiger partial charge is 0.256 e. The number of aliphatic hydroxyl groups excluding tert-OH is 1. The van der Waals surface area contributed by atoms with E-state index in [0.717, 1.165) is 11.1 Å². The molecule has 8 heteroatoms. The van der Waals surface area contributed by atoms with Crippen LogP contribution in [0.25, 0.3) is 16.7 Å². The number of aliphatic hydroxyl groups is 1. The Morgan fingerprint density at radius 2 is 1.88 bits per heavy atom. The average Bonchev–Trinajstić information content (AvgIpc) is 3.19. The number of anilines is 1. The summed E-state index contributed by atoms with van der Waals surface area (Å²) in [5, 5.41) is 22.0. The Balaban J connectivity index is 1.67. The Hall–Kier alpha value is -4.04. The lowest BCUT2D eigenvalue weighted by molar-refractivity contribution is 0.204. The molecular weight excluding hydrogens is 406 g/mol. The number of amidine groups is 1. The summed E-state index contributed by atoms with van der Waals surface area (Å²) >= 11 is 0. The van der Waals surface area contributed by atoms with Crippen LogP contribution in [-0.2, 0) is 0 Å². The first-order chi connectivity index (χ1) is 15.3. The number of nitrogens with two attached hydrogens (primary N) is 1. The molecular formula is C24H25N5O3. The van der Waals surface area contributed by atoms with Gasteiger partial charge in [-0.1, -0.05) is 12.1 Å². The lowest BCUT2D eigenvalue weighted by Crippen LogP contribution is -2.17. The van der Waals surface area contributed by atoms with Crippen LogP contribution >= 0.6 is 0 Å². The van der Waals surface area contributed by atoms with Crippen molar-refractivity contribution in [1.29, 1.82) is 5.41 Å². The molecule has 0 bridgehead atoms. The number of hydrogen-bond donors (Lipinski definition) is 5. The molecule has 0 saturated heterocycles. The molecule has 0 fully saturated rings. The van der Waals surface area contributed by atoms with Crippen LogP contribution in [0.2, 0.25) is 0 Å². The second-order valence-electron chi connectivity index (χ2n) is 7.74. The zero-order valence-electron chi connectivity index (χ0n) is 17.8. The number of aromatic nitrogens is 2. The maximum absolute atomic E-state index is 12.7. The third-order valence-corrected chi connectivity index (χ3v) is 4.93. The molecule has 8 nitrogen and oxygen atoms in total. The molecule has 2 aromatic heterocycles. The first-order valence-electron chi connectivity index (χ1n) is 10.2. The third-order valence-electron chi connectivity index (χ3n) is 4.93. The van der Waals surface area contributed by atoms with Crippen LogP contribution in [-0.4, -0.2) is 26.6 Å². The lowest BCUT2D eigenvalue weighted by Gasteiger charge is -2.14. The van der Waals surface area contributed by atoms with Crippen molar-refractivity contribution in [1.82, 2.24) is 9.55 Å². The number of fused-ring (bicyclic) bond motifs is 1. The van der Waals surface area contributed by atoms with Gasteiger partial charge in [0.05, 0.1) is 17.5 Å².